The molecule has 0 saturated heterocycles. The number of aromatic nitrogens is 1. The first kappa shape index (κ1) is 14.1. The van der Waals surface area contributed by atoms with Crippen LogP contribution in [0.4, 0.5) is 0 Å². The molecular weight excluding hydrogens is 318 g/mol. The van der Waals surface area contributed by atoms with E-state index in [4.69, 9.17) is 4.74 Å². The maximum Gasteiger partial charge on any atom is 0.138 e. The van der Waals surface area contributed by atoms with E-state index >= 15 is 0 Å². The molecule has 2 aliphatic rings. The lowest BCUT2D eigenvalue weighted by molar-refractivity contribution is 0.486. The Balaban J connectivity index is 1.84. The molecular formula is C24H17NO. The number of rotatable bonds is 0. The zero-order chi connectivity index (χ0) is 17.5. The van der Waals surface area contributed by atoms with E-state index < -0.39 is 0 Å². The molecule has 0 bridgehead atoms. The van der Waals surface area contributed by atoms with Crippen molar-refractivity contribution in [1.29, 1.82) is 0 Å². The Morgan fingerprint density at radius 2 is 1.69 bits per heavy atom. The predicted molar refractivity (Wildman–Crippen MR) is 105 cm³/mol. The van der Waals surface area contributed by atoms with Crippen LogP contribution in [0.3, 0.4) is 0 Å². The van der Waals surface area contributed by atoms with Gasteiger partial charge in [-0.15, -0.1) is 0 Å². The first-order valence-corrected chi connectivity index (χ1v) is 8.98. The van der Waals surface area contributed by atoms with Crippen LogP contribution in [0.1, 0.15) is 25.0 Å². The Kier molecular flexibility index (Phi) is 2.45. The maximum atomic E-state index is 6.21. The zero-order valence-electron chi connectivity index (χ0n) is 14.7. The van der Waals surface area contributed by atoms with Crippen molar-refractivity contribution in [2.45, 2.75) is 19.3 Å². The Bertz CT molecular complexity index is 1240. The summed E-state index contributed by atoms with van der Waals surface area (Å²) in [5.74, 6) is 1.82. The Morgan fingerprint density at radius 1 is 0.808 bits per heavy atom. The van der Waals surface area contributed by atoms with Gasteiger partial charge in [0.1, 0.15) is 11.5 Å². The second-order valence-electron chi connectivity index (χ2n) is 7.67. The van der Waals surface area contributed by atoms with Gasteiger partial charge in [0.05, 0.1) is 0 Å². The van der Waals surface area contributed by atoms with E-state index in [2.05, 4.69) is 67.4 Å². The van der Waals surface area contributed by atoms with E-state index in [1.54, 1.807) is 6.20 Å². The monoisotopic (exact) mass is 335 g/mol. The number of ether oxygens (including phenoxy) is 1. The third kappa shape index (κ3) is 1.55. The third-order valence-electron chi connectivity index (χ3n) is 5.93. The summed E-state index contributed by atoms with van der Waals surface area (Å²) in [5, 5.41) is 2.48. The van der Waals surface area contributed by atoms with Crippen molar-refractivity contribution in [3.8, 4) is 33.8 Å². The van der Waals surface area contributed by atoms with Crippen molar-refractivity contribution < 1.29 is 4.74 Å². The van der Waals surface area contributed by atoms with Crippen molar-refractivity contribution >= 4 is 10.8 Å². The van der Waals surface area contributed by atoms with E-state index in [1.165, 1.54) is 38.6 Å². The van der Waals surface area contributed by atoms with Crippen molar-refractivity contribution in [3.05, 3.63) is 78.1 Å². The van der Waals surface area contributed by atoms with Crippen molar-refractivity contribution in [2.24, 2.45) is 0 Å². The van der Waals surface area contributed by atoms with Gasteiger partial charge in [0.15, 0.2) is 0 Å². The van der Waals surface area contributed by atoms with Gasteiger partial charge >= 0.3 is 0 Å². The van der Waals surface area contributed by atoms with E-state index in [9.17, 15) is 0 Å². The largest absolute Gasteiger partial charge is 0.456 e. The van der Waals surface area contributed by atoms with Crippen molar-refractivity contribution in [2.75, 3.05) is 0 Å². The average molecular weight is 335 g/mol. The molecule has 2 heteroatoms. The summed E-state index contributed by atoms with van der Waals surface area (Å²) in [7, 11) is 0. The Hall–Kier alpha value is -3.13. The molecule has 4 aromatic rings. The second kappa shape index (κ2) is 4.53. The Morgan fingerprint density at radius 3 is 2.62 bits per heavy atom. The normalized spacial score (nSPS) is 15.2. The molecule has 0 fully saturated rings. The fourth-order valence-electron chi connectivity index (χ4n) is 4.82. The molecule has 1 aromatic heterocycles. The SMILES string of the molecule is CC1(C)c2ccccc2-c2cc3c4c(cccc4c21)Oc1ccncc1-3. The molecule has 0 amide bonds. The number of benzene rings is 3. The summed E-state index contributed by atoms with van der Waals surface area (Å²) in [6, 6.07) is 19.5. The molecule has 124 valence electrons. The molecule has 0 saturated carbocycles. The lowest BCUT2D eigenvalue weighted by Crippen LogP contribution is -2.15. The minimum absolute atomic E-state index is 0.0295. The second-order valence-corrected chi connectivity index (χ2v) is 7.67. The number of pyridine rings is 1. The van der Waals surface area contributed by atoms with Gasteiger partial charge in [-0.2, -0.15) is 0 Å². The highest BCUT2D eigenvalue weighted by molar-refractivity contribution is 6.10. The lowest BCUT2D eigenvalue weighted by atomic mass is 9.79. The molecule has 1 aliphatic carbocycles. The summed E-state index contributed by atoms with van der Waals surface area (Å²) in [6.45, 7) is 4.65. The maximum absolute atomic E-state index is 6.21. The fourth-order valence-corrected chi connectivity index (χ4v) is 4.82. The smallest absolute Gasteiger partial charge is 0.138 e. The molecule has 2 heterocycles. The number of fused-ring (bicyclic) bond motifs is 6. The topological polar surface area (TPSA) is 22.1 Å². The van der Waals surface area contributed by atoms with Gasteiger partial charge in [0, 0.05) is 28.8 Å². The van der Waals surface area contributed by atoms with Crippen molar-refractivity contribution in [3.63, 3.8) is 0 Å². The van der Waals surface area contributed by atoms with Crippen LogP contribution in [0.5, 0.6) is 11.5 Å². The lowest BCUT2D eigenvalue weighted by Gasteiger charge is -2.26. The van der Waals surface area contributed by atoms with E-state index in [0.717, 1.165) is 17.1 Å². The van der Waals surface area contributed by atoms with Crippen LogP contribution in [-0.4, -0.2) is 4.98 Å². The van der Waals surface area contributed by atoms with Crippen LogP contribution < -0.4 is 4.74 Å². The van der Waals surface area contributed by atoms with Gasteiger partial charge in [-0.1, -0.05) is 50.2 Å². The van der Waals surface area contributed by atoms with Gasteiger partial charge < -0.3 is 4.74 Å². The highest BCUT2D eigenvalue weighted by Crippen LogP contribution is 2.56. The molecule has 1 aliphatic heterocycles. The minimum atomic E-state index is -0.0295. The highest BCUT2D eigenvalue weighted by atomic mass is 16.5. The number of hydrogen-bond donors (Lipinski definition) is 0. The molecule has 0 atom stereocenters. The molecule has 3 aromatic carbocycles. The summed E-state index contributed by atoms with van der Waals surface area (Å²) in [5.41, 5.74) is 7.73. The van der Waals surface area contributed by atoms with Crippen LogP contribution in [0.25, 0.3) is 33.0 Å². The van der Waals surface area contributed by atoms with Crippen LogP contribution in [0.15, 0.2) is 67.0 Å². The van der Waals surface area contributed by atoms with Gasteiger partial charge in [0.2, 0.25) is 0 Å². The quantitative estimate of drug-likeness (QED) is 0.331. The van der Waals surface area contributed by atoms with Crippen LogP contribution in [0.2, 0.25) is 0 Å². The molecule has 6 rings (SSSR count). The number of hydrogen-bond acceptors (Lipinski definition) is 2. The van der Waals surface area contributed by atoms with Gasteiger partial charge in [-0.3, -0.25) is 4.98 Å². The molecule has 0 unspecified atom stereocenters. The van der Waals surface area contributed by atoms with Crippen LogP contribution in [0, 0.1) is 0 Å². The average Bonchev–Trinajstić information content (AvgIpc) is 2.90. The summed E-state index contributed by atoms with van der Waals surface area (Å²) >= 11 is 0. The van der Waals surface area contributed by atoms with Gasteiger partial charge in [-0.05, 0) is 51.4 Å². The highest BCUT2D eigenvalue weighted by Gasteiger charge is 2.38. The van der Waals surface area contributed by atoms with Crippen LogP contribution in [-0.2, 0) is 5.41 Å². The first-order chi connectivity index (χ1) is 12.7. The predicted octanol–water partition coefficient (Wildman–Crippen LogP) is 6.31. The van der Waals surface area contributed by atoms with E-state index in [1.807, 2.05) is 12.3 Å². The van der Waals surface area contributed by atoms with E-state index in [-0.39, 0.29) is 5.41 Å². The minimum Gasteiger partial charge on any atom is -0.456 e. The van der Waals surface area contributed by atoms with Crippen LogP contribution >= 0.6 is 0 Å². The first-order valence-electron chi connectivity index (χ1n) is 8.98. The summed E-state index contributed by atoms with van der Waals surface area (Å²) in [4.78, 5) is 4.34. The van der Waals surface area contributed by atoms with Crippen molar-refractivity contribution in [1.82, 2.24) is 4.98 Å². The molecule has 0 spiro atoms. The fraction of sp³-hybridized carbons (Fsp3) is 0.125. The number of nitrogens with zero attached hydrogens (tertiary/aromatic N) is 1. The Labute approximate surface area is 152 Å². The third-order valence-corrected chi connectivity index (χ3v) is 5.93. The standard InChI is InChI=1S/C24H17NO/c1-24(2)19-8-4-3-6-14(19)17-12-16-18-13-25-11-10-20(18)26-21-9-5-7-15(22(16)21)23(17)24/h3-13H,1-2H3. The molecule has 26 heavy (non-hydrogen) atoms. The molecule has 0 N–H and O–H groups in total. The summed E-state index contributed by atoms with van der Waals surface area (Å²) < 4.78 is 6.21. The van der Waals surface area contributed by atoms with Gasteiger partial charge in [0.25, 0.3) is 0 Å². The summed E-state index contributed by atoms with van der Waals surface area (Å²) in [6.07, 6.45) is 3.70. The van der Waals surface area contributed by atoms with Gasteiger partial charge in [-0.25, -0.2) is 0 Å². The van der Waals surface area contributed by atoms with E-state index in [0.29, 0.717) is 0 Å². The molecule has 0 radical (unpaired) electrons. The zero-order valence-corrected chi connectivity index (χ0v) is 14.7. The molecule has 2 nitrogen and oxygen atoms in total.